The zero-order chi connectivity index (χ0) is 13.0. The Labute approximate surface area is 118 Å². The van der Waals surface area contributed by atoms with Crippen LogP contribution < -0.4 is 5.32 Å². The van der Waals surface area contributed by atoms with Crippen LogP contribution >= 0.6 is 23.4 Å². The van der Waals surface area contributed by atoms with Crippen LogP contribution in [0.2, 0.25) is 5.02 Å². The lowest BCUT2D eigenvalue weighted by molar-refractivity contribution is 0.460. The summed E-state index contributed by atoms with van der Waals surface area (Å²) in [6.45, 7) is 1.62. The van der Waals surface area contributed by atoms with Crippen molar-refractivity contribution in [3.8, 4) is 5.75 Å². The number of thioether (sulfide) groups is 1. The molecule has 1 saturated carbocycles. The minimum absolute atomic E-state index is 0.277. The number of aromatic hydroxyl groups is 1. The lowest BCUT2D eigenvalue weighted by Crippen LogP contribution is -2.34. The van der Waals surface area contributed by atoms with Crippen LogP contribution in [0.15, 0.2) is 18.2 Å². The number of hydrogen-bond acceptors (Lipinski definition) is 3. The van der Waals surface area contributed by atoms with Crippen LogP contribution in [0.4, 0.5) is 0 Å². The van der Waals surface area contributed by atoms with Crippen molar-refractivity contribution in [3.63, 3.8) is 0 Å². The molecule has 0 radical (unpaired) electrons. The van der Waals surface area contributed by atoms with Crippen molar-refractivity contribution in [2.75, 3.05) is 12.8 Å². The summed E-state index contributed by atoms with van der Waals surface area (Å²) in [5.41, 5.74) is 0.799. The minimum atomic E-state index is 0.277. The predicted octanol–water partition coefficient (Wildman–Crippen LogP) is 3.81. The van der Waals surface area contributed by atoms with Gasteiger partial charge in [-0.15, -0.1) is 0 Å². The quantitative estimate of drug-likeness (QED) is 0.863. The Bertz CT molecular complexity index is 385. The third kappa shape index (κ3) is 3.14. The summed E-state index contributed by atoms with van der Waals surface area (Å²) < 4.78 is 0.386. The molecule has 4 heteroatoms. The maximum absolute atomic E-state index is 9.78. The molecule has 2 N–H and O–H groups in total. The van der Waals surface area contributed by atoms with Gasteiger partial charge in [-0.3, -0.25) is 0 Å². The number of hydrogen-bond donors (Lipinski definition) is 2. The second-order valence-electron chi connectivity index (χ2n) is 4.94. The fourth-order valence-electron chi connectivity index (χ4n) is 2.61. The molecule has 0 saturated heterocycles. The van der Waals surface area contributed by atoms with Gasteiger partial charge in [-0.1, -0.05) is 30.5 Å². The van der Waals surface area contributed by atoms with E-state index >= 15 is 0 Å². The Hall–Kier alpha value is -0.380. The molecular weight excluding hydrogens is 266 g/mol. The number of phenols is 1. The molecule has 1 fully saturated rings. The van der Waals surface area contributed by atoms with Gasteiger partial charge in [0.2, 0.25) is 0 Å². The van der Waals surface area contributed by atoms with Crippen LogP contribution in [0.5, 0.6) is 5.75 Å². The minimum Gasteiger partial charge on any atom is -0.508 e. The maximum Gasteiger partial charge on any atom is 0.121 e. The van der Waals surface area contributed by atoms with Gasteiger partial charge < -0.3 is 10.4 Å². The topological polar surface area (TPSA) is 32.3 Å². The number of phenolic OH excluding ortho intramolecular Hbond substituents is 1. The highest BCUT2D eigenvalue weighted by molar-refractivity contribution is 8.00. The summed E-state index contributed by atoms with van der Waals surface area (Å²) in [6.07, 6.45) is 7.44. The van der Waals surface area contributed by atoms with Gasteiger partial charge in [0.25, 0.3) is 0 Å². The third-order valence-electron chi connectivity index (χ3n) is 3.79. The molecule has 1 aliphatic carbocycles. The third-order valence-corrected chi connectivity index (χ3v) is 5.56. The van der Waals surface area contributed by atoms with Crippen LogP contribution in [-0.4, -0.2) is 22.7 Å². The Kier molecular flexibility index (Phi) is 4.82. The molecule has 0 bridgehead atoms. The zero-order valence-corrected chi connectivity index (χ0v) is 12.3. The van der Waals surface area contributed by atoms with Gasteiger partial charge in [-0.05, 0) is 31.2 Å². The van der Waals surface area contributed by atoms with Gasteiger partial charge in [0, 0.05) is 28.4 Å². The number of nitrogens with one attached hydrogen (secondary N) is 1. The standard InChI is InChI=1S/C14H20ClNOS/c1-18-14(7-2-3-8-14)10-16-9-11-12(15)5-4-6-13(11)17/h4-6,16-17H,2-3,7-10H2,1H3. The molecule has 1 aromatic rings. The first-order chi connectivity index (χ1) is 8.67. The first-order valence-electron chi connectivity index (χ1n) is 6.39. The average molecular weight is 286 g/mol. The molecule has 1 aromatic carbocycles. The summed E-state index contributed by atoms with van der Waals surface area (Å²) >= 11 is 8.05. The van der Waals surface area contributed by atoms with E-state index in [0.29, 0.717) is 16.3 Å². The molecule has 2 rings (SSSR count). The smallest absolute Gasteiger partial charge is 0.121 e. The van der Waals surface area contributed by atoms with Gasteiger partial charge in [0.1, 0.15) is 5.75 Å². The fourth-order valence-corrected chi connectivity index (χ4v) is 3.79. The van der Waals surface area contributed by atoms with Crippen molar-refractivity contribution in [1.82, 2.24) is 5.32 Å². The van der Waals surface area contributed by atoms with E-state index in [0.717, 1.165) is 12.1 Å². The van der Waals surface area contributed by atoms with E-state index in [9.17, 15) is 5.11 Å². The van der Waals surface area contributed by atoms with Gasteiger partial charge in [-0.2, -0.15) is 11.8 Å². The highest BCUT2D eigenvalue weighted by Crippen LogP contribution is 2.39. The summed E-state index contributed by atoms with van der Waals surface area (Å²) in [5.74, 6) is 0.277. The Morgan fingerprint density at radius 3 is 2.72 bits per heavy atom. The summed E-state index contributed by atoms with van der Waals surface area (Å²) in [5, 5.41) is 13.9. The predicted molar refractivity (Wildman–Crippen MR) is 79.5 cm³/mol. The normalized spacial score (nSPS) is 18.1. The Morgan fingerprint density at radius 1 is 1.39 bits per heavy atom. The number of benzene rings is 1. The molecule has 0 spiro atoms. The highest BCUT2D eigenvalue weighted by atomic mass is 35.5. The van der Waals surface area contributed by atoms with Crippen molar-refractivity contribution in [3.05, 3.63) is 28.8 Å². The van der Waals surface area contributed by atoms with Gasteiger partial charge in [0.15, 0.2) is 0 Å². The number of rotatable bonds is 5. The van der Waals surface area contributed by atoms with Crippen LogP contribution in [0.25, 0.3) is 0 Å². The molecule has 1 aliphatic rings. The fraction of sp³-hybridized carbons (Fsp3) is 0.571. The Balaban J connectivity index is 1.92. The largest absolute Gasteiger partial charge is 0.508 e. The van der Waals surface area contributed by atoms with Gasteiger partial charge in [-0.25, -0.2) is 0 Å². The van der Waals surface area contributed by atoms with E-state index in [1.165, 1.54) is 25.7 Å². The molecule has 18 heavy (non-hydrogen) atoms. The van der Waals surface area contributed by atoms with E-state index in [4.69, 9.17) is 11.6 Å². The molecule has 0 aliphatic heterocycles. The van der Waals surface area contributed by atoms with Crippen LogP contribution in [0, 0.1) is 0 Å². The molecule has 0 amide bonds. The van der Waals surface area contributed by atoms with Crippen LogP contribution in [0.1, 0.15) is 31.2 Å². The van der Waals surface area contributed by atoms with Gasteiger partial charge >= 0.3 is 0 Å². The zero-order valence-electron chi connectivity index (χ0n) is 10.7. The highest BCUT2D eigenvalue weighted by Gasteiger charge is 2.32. The van der Waals surface area contributed by atoms with Crippen molar-refractivity contribution in [1.29, 1.82) is 0 Å². The summed E-state index contributed by atoms with van der Waals surface area (Å²) in [4.78, 5) is 0. The summed E-state index contributed by atoms with van der Waals surface area (Å²) in [7, 11) is 0. The van der Waals surface area contributed by atoms with Crippen molar-refractivity contribution in [2.24, 2.45) is 0 Å². The van der Waals surface area contributed by atoms with Crippen molar-refractivity contribution < 1.29 is 5.11 Å². The second kappa shape index (κ2) is 6.18. The van der Waals surface area contributed by atoms with E-state index in [2.05, 4.69) is 11.6 Å². The molecule has 0 heterocycles. The van der Waals surface area contributed by atoms with E-state index in [1.54, 1.807) is 12.1 Å². The molecule has 100 valence electrons. The average Bonchev–Trinajstić information content (AvgIpc) is 2.82. The van der Waals surface area contributed by atoms with E-state index in [1.807, 2.05) is 17.8 Å². The van der Waals surface area contributed by atoms with Crippen LogP contribution in [0.3, 0.4) is 0 Å². The molecule has 0 atom stereocenters. The molecular formula is C14H20ClNOS. The molecule has 2 nitrogen and oxygen atoms in total. The first kappa shape index (κ1) is 14.0. The SMILES string of the molecule is CSC1(CNCc2c(O)cccc2Cl)CCCC1. The molecule has 0 unspecified atom stereocenters. The van der Waals surface area contributed by atoms with E-state index in [-0.39, 0.29) is 5.75 Å². The van der Waals surface area contributed by atoms with Crippen molar-refractivity contribution >= 4 is 23.4 Å². The maximum atomic E-state index is 9.78. The van der Waals surface area contributed by atoms with Crippen LogP contribution in [-0.2, 0) is 6.54 Å². The van der Waals surface area contributed by atoms with Gasteiger partial charge in [0.05, 0.1) is 0 Å². The second-order valence-corrected chi connectivity index (χ2v) is 6.62. The van der Waals surface area contributed by atoms with Crippen molar-refractivity contribution in [2.45, 2.75) is 37.0 Å². The van der Waals surface area contributed by atoms with E-state index < -0.39 is 0 Å². The Morgan fingerprint density at radius 2 is 2.11 bits per heavy atom. The lowest BCUT2D eigenvalue weighted by Gasteiger charge is -2.27. The monoisotopic (exact) mass is 285 g/mol. The summed E-state index contributed by atoms with van der Waals surface area (Å²) in [6, 6.07) is 5.27. The lowest BCUT2D eigenvalue weighted by atomic mass is 10.1. The molecule has 0 aromatic heterocycles. The number of halogens is 1. The first-order valence-corrected chi connectivity index (χ1v) is 7.99.